The average molecular weight is 349 g/mol. The summed E-state index contributed by atoms with van der Waals surface area (Å²) in [6, 6.07) is 4.79. The topological polar surface area (TPSA) is 9.23 Å². The number of hydrogen-bond acceptors (Lipinski definition) is 1. The van der Waals surface area contributed by atoms with Gasteiger partial charge in [-0.05, 0) is 29.8 Å². The van der Waals surface area contributed by atoms with E-state index >= 15 is 0 Å². The molecule has 0 aliphatic rings. The highest BCUT2D eigenvalue weighted by Gasteiger charge is 2.29. The van der Waals surface area contributed by atoms with Crippen LogP contribution in [0.5, 0.6) is 0 Å². The molecule has 1 rings (SSSR count). The van der Waals surface area contributed by atoms with Crippen molar-refractivity contribution >= 4 is 15.9 Å². The summed E-state index contributed by atoms with van der Waals surface area (Å²) in [4.78, 5) is 0. The Morgan fingerprint density at radius 1 is 1.25 bits per heavy atom. The van der Waals surface area contributed by atoms with Gasteiger partial charge in [-0.1, -0.05) is 47.3 Å². The van der Waals surface area contributed by atoms with Crippen molar-refractivity contribution in [3.05, 3.63) is 71.3 Å². The maximum absolute atomic E-state index is 11.9. The van der Waals surface area contributed by atoms with Gasteiger partial charge >= 0.3 is 6.18 Å². The molecular weight excluding hydrogens is 333 g/mol. The first-order valence-corrected chi connectivity index (χ1v) is 6.40. The van der Waals surface area contributed by atoms with Crippen molar-refractivity contribution in [2.75, 3.05) is 13.7 Å². The van der Waals surface area contributed by atoms with Gasteiger partial charge in [0.25, 0.3) is 0 Å². The summed E-state index contributed by atoms with van der Waals surface area (Å²) in [6.07, 6.45) is 1.11. The van der Waals surface area contributed by atoms with Gasteiger partial charge in [-0.25, -0.2) is 0 Å². The molecule has 110 valence electrons. The second-order valence-corrected chi connectivity index (χ2v) is 4.53. The molecule has 0 atom stereocenters. The molecule has 0 unspecified atom stereocenters. The lowest BCUT2D eigenvalue weighted by Gasteiger charge is -2.04. The van der Waals surface area contributed by atoms with Crippen molar-refractivity contribution in [3.63, 3.8) is 0 Å². The van der Waals surface area contributed by atoms with Crippen LogP contribution in [0.15, 0.2) is 65.7 Å². The number of allylic oxidation sites excluding steroid dienone is 2. The number of rotatable bonds is 4. The molecule has 20 heavy (non-hydrogen) atoms. The Kier molecular flexibility index (Phi) is 8.92. The van der Waals surface area contributed by atoms with Crippen LogP contribution < -0.4 is 0 Å². The normalized spacial score (nSPS) is 11.3. The molecule has 0 aromatic heterocycles. The molecule has 1 aromatic rings. The molecule has 0 spiro atoms. The fourth-order valence-electron chi connectivity index (χ4n) is 1.13. The van der Waals surface area contributed by atoms with Crippen molar-refractivity contribution in [2.24, 2.45) is 0 Å². The quantitative estimate of drug-likeness (QED) is 0.662. The molecule has 0 saturated heterocycles. The van der Waals surface area contributed by atoms with E-state index in [-0.39, 0.29) is 0 Å². The van der Waals surface area contributed by atoms with Gasteiger partial charge in [-0.3, -0.25) is 0 Å². The summed E-state index contributed by atoms with van der Waals surface area (Å²) >= 11 is 3.04. The van der Waals surface area contributed by atoms with Crippen LogP contribution in [0.25, 0.3) is 0 Å². The molecule has 1 aromatic carbocycles. The predicted octanol–water partition coefficient (Wildman–Crippen LogP) is 5.40. The van der Waals surface area contributed by atoms with Crippen molar-refractivity contribution in [1.29, 1.82) is 0 Å². The van der Waals surface area contributed by atoms with E-state index in [2.05, 4.69) is 29.1 Å². The second kappa shape index (κ2) is 9.55. The van der Waals surface area contributed by atoms with E-state index in [0.717, 1.165) is 17.7 Å². The van der Waals surface area contributed by atoms with Gasteiger partial charge in [0.1, 0.15) is 0 Å². The van der Waals surface area contributed by atoms with E-state index < -0.39 is 11.7 Å². The molecule has 0 fully saturated rings. The van der Waals surface area contributed by atoms with Crippen molar-refractivity contribution in [3.8, 4) is 0 Å². The standard InChI is InChI=1S/C8H12O.C7H4BrF3/c1-4-6-8(5-2)7-9-3;8-6-3-1-5(2-4-6)7(9,10)11/h4-6H,1-2,7H2,3H3;1-4H/b8-6+;. The summed E-state index contributed by atoms with van der Waals surface area (Å²) in [5.41, 5.74) is 0.424. The van der Waals surface area contributed by atoms with Gasteiger partial charge in [-0.15, -0.1) is 0 Å². The maximum atomic E-state index is 11.9. The first-order chi connectivity index (χ1) is 9.35. The lowest BCUT2D eigenvalue weighted by molar-refractivity contribution is -0.137. The van der Waals surface area contributed by atoms with Crippen LogP contribution in [0.1, 0.15) is 5.56 Å². The Bertz CT molecular complexity index is 447. The van der Waals surface area contributed by atoms with Gasteiger partial charge in [-0.2, -0.15) is 13.2 Å². The van der Waals surface area contributed by atoms with Crippen LogP contribution in [0.2, 0.25) is 0 Å². The molecule has 5 heteroatoms. The van der Waals surface area contributed by atoms with Crippen molar-refractivity contribution < 1.29 is 17.9 Å². The molecule has 0 radical (unpaired) electrons. The summed E-state index contributed by atoms with van der Waals surface area (Å²) in [5, 5.41) is 0. The first kappa shape index (κ1) is 18.7. The fourth-order valence-corrected chi connectivity index (χ4v) is 1.40. The predicted molar refractivity (Wildman–Crippen MR) is 79.5 cm³/mol. The number of alkyl halides is 3. The molecule has 0 amide bonds. The van der Waals surface area contributed by atoms with Crippen LogP contribution in [-0.4, -0.2) is 13.7 Å². The molecule has 1 nitrogen and oxygen atoms in total. The van der Waals surface area contributed by atoms with E-state index in [1.807, 2.05) is 6.08 Å². The molecule has 0 aliphatic heterocycles. The van der Waals surface area contributed by atoms with Crippen molar-refractivity contribution in [1.82, 2.24) is 0 Å². The minimum absolute atomic E-state index is 0.607. The third kappa shape index (κ3) is 7.96. The molecule has 0 aliphatic carbocycles. The Morgan fingerprint density at radius 2 is 1.80 bits per heavy atom. The first-order valence-electron chi connectivity index (χ1n) is 5.60. The molecule has 0 saturated carbocycles. The summed E-state index contributed by atoms with van der Waals surface area (Å²) in [5.74, 6) is 0. The van der Waals surface area contributed by atoms with Crippen LogP contribution in [0.3, 0.4) is 0 Å². The second-order valence-electron chi connectivity index (χ2n) is 3.62. The Morgan fingerprint density at radius 3 is 2.15 bits per heavy atom. The van der Waals surface area contributed by atoms with Gasteiger partial charge < -0.3 is 4.74 Å². The molecular formula is C15H16BrF3O. The van der Waals surface area contributed by atoms with E-state index in [9.17, 15) is 13.2 Å². The van der Waals surface area contributed by atoms with Crippen molar-refractivity contribution in [2.45, 2.75) is 6.18 Å². The van der Waals surface area contributed by atoms with Gasteiger partial charge in [0.05, 0.1) is 12.2 Å². The van der Waals surface area contributed by atoms with E-state index in [1.165, 1.54) is 12.1 Å². The lowest BCUT2D eigenvalue weighted by Crippen LogP contribution is -2.03. The van der Waals surface area contributed by atoms with Gasteiger partial charge in [0.15, 0.2) is 0 Å². The smallest absolute Gasteiger partial charge is 0.380 e. The highest BCUT2D eigenvalue weighted by Crippen LogP contribution is 2.29. The minimum atomic E-state index is -4.24. The van der Waals surface area contributed by atoms with E-state index in [0.29, 0.717) is 11.1 Å². The number of methoxy groups -OCH3 is 1. The highest BCUT2D eigenvalue weighted by molar-refractivity contribution is 9.10. The zero-order valence-corrected chi connectivity index (χ0v) is 12.7. The van der Waals surface area contributed by atoms with Gasteiger partial charge in [0.2, 0.25) is 0 Å². The number of ether oxygens (including phenoxy) is 1. The Labute approximate surface area is 125 Å². The van der Waals surface area contributed by atoms with Crippen LogP contribution in [0.4, 0.5) is 13.2 Å². The Balaban J connectivity index is 0.000000370. The SMILES string of the molecule is C=C/C=C(\C=C)COC.FC(F)(F)c1ccc(Br)cc1. The third-order valence-corrected chi connectivity index (χ3v) is 2.61. The number of halogens is 4. The largest absolute Gasteiger partial charge is 0.416 e. The van der Waals surface area contributed by atoms with Crippen LogP contribution >= 0.6 is 15.9 Å². The van der Waals surface area contributed by atoms with E-state index in [4.69, 9.17) is 4.74 Å². The number of benzene rings is 1. The van der Waals surface area contributed by atoms with Gasteiger partial charge in [0, 0.05) is 11.6 Å². The summed E-state index contributed by atoms with van der Waals surface area (Å²) in [7, 11) is 1.65. The molecule has 0 N–H and O–H groups in total. The average Bonchev–Trinajstić information content (AvgIpc) is 2.38. The lowest BCUT2D eigenvalue weighted by atomic mass is 10.2. The summed E-state index contributed by atoms with van der Waals surface area (Å²) < 4.78 is 41.2. The van der Waals surface area contributed by atoms with Crippen LogP contribution in [-0.2, 0) is 10.9 Å². The zero-order valence-electron chi connectivity index (χ0n) is 11.1. The minimum Gasteiger partial charge on any atom is -0.380 e. The monoisotopic (exact) mass is 348 g/mol. The van der Waals surface area contributed by atoms with Crippen LogP contribution in [0, 0.1) is 0 Å². The Hall–Kier alpha value is -1.33. The summed E-state index contributed by atoms with van der Waals surface area (Å²) in [6.45, 7) is 7.76. The fraction of sp³-hybridized carbons (Fsp3) is 0.200. The van der Waals surface area contributed by atoms with E-state index in [1.54, 1.807) is 19.3 Å². The maximum Gasteiger partial charge on any atom is 0.416 e. The molecule has 0 heterocycles. The third-order valence-electron chi connectivity index (χ3n) is 2.08. The zero-order chi connectivity index (χ0) is 15.6. The molecule has 0 bridgehead atoms. The number of hydrogen-bond donors (Lipinski definition) is 0. The highest BCUT2D eigenvalue weighted by atomic mass is 79.9.